The van der Waals surface area contributed by atoms with E-state index in [0.29, 0.717) is 21.8 Å². The van der Waals surface area contributed by atoms with Crippen molar-refractivity contribution in [2.75, 3.05) is 0 Å². The van der Waals surface area contributed by atoms with Gasteiger partial charge < -0.3 is 0 Å². The molecule has 34 heavy (non-hydrogen) atoms. The molecule has 0 N–H and O–H groups in total. The predicted octanol–water partition coefficient (Wildman–Crippen LogP) is 5.41. The van der Waals surface area contributed by atoms with E-state index in [1.165, 1.54) is 17.8 Å². The third kappa shape index (κ3) is 3.63. The third-order valence-electron chi connectivity index (χ3n) is 5.83. The number of aromatic nitrogens is 4. The molecule has 1 atom stereocenters. The number of para-hydroxylation sites is 1. The summed E-state index contributed by atoms with van der Waals surface area (Å²) < 4.78 is 3.50. The van der Waals surface area contributed by atoms with Gasteiger partial charge in [-0.05, 0) is 55.7 Å². The van der Waals surface area contributed by atoms with Crippen molar-refractivity contribution in [3.63, 3.8) is 0 Å². The summed E-state index contributed by atoms with van der Waals surface area (Å²) in [6, 6.07) is 20.0. The summed E-state index contributed by atoms with van der Waals surface area (Å²) in [7, 11) is 0. The number of rotatable bonds is 5. The molecule has 0 aliphatic carbocycles. The molecule has 5 rings (SSSR count). The molecule has 5 aromatic rings. The van der Waals surface area contributed by atoms with Crippen molar-refractivity contribution in [1.29, 1.82) is 0 Å². The molecule has 2 aromatic heterocycles. The second-order valence-corrected chi connectivity index (χ2v) is 9.49. The van der Waals surface area contributed by atoms with Gasteiger partial charge in [0.2, 0.25) is 5.78 Å². The van der Waals surface area contributed by atoms with Crippen LogP contribution in [-0.2, 0) is 0 Å². The number of aryl methyl sites for hydroxylation is 2. The fourth-order valence-electron chi connectivity index (χ4n) is 4.05. The Morgan fingerprint density at radius 3 is 2.59 bits per heavy atom. The van der Waals surface area contributed by atoms with Gasteiger partial charge in [-0.15, -0.1) is 10.2 Å². The predicted molar refractivity (Wildman–Crippen MR) is 133 cm³/mol. The standard InChI is InChI=1S/C25H21N5O3S/c1-15-11-12-16(2)22(13-15)28-23(31)20-9-4-5-10-21(20)29-24(28)26-27-25(29)34-17(3)18-7-6-8-19(14-18)30(32)33/h4-14,17H,1-3H3. The Bertz CT molecular complexity index is 1640. The van der Waals surface area contributed by atoms with E-state index in [1.807, 2.05) is 67.6 Å². The minimum Gasteiger partial charge on any atom is -0.268 e. The highest BCUT2D eigenvalue weighted by molar-refractivity contribution is 7.99. The quantitative estimate of drug-likeness (QED) is 0.193. The average molecular weight is 472 g/mol. The summed E-state index contributed by atoms with van der Waals surface area (Å²) >= 11 is 1.44. The van der Waals surface area contributed by atoms with Gasteiger partial charge in [0.25, 0.3) is 11.2 Å². The maximum Gasteiger partial charge on any atom is 0.269 e. The van der Waals surface area contributed by atoms with Crippen LogP contribution in [-0.4, -0.2) is 24.1 Å². The van der Waals surface area contributed by atoms with Crippen molar-refractivity contribution < 1.29 is 4.92 Å². The Kier molecular flexibility index (Phi) is 5.41. The van der Waals surface area contributed by atoms with Crippen LogP contribution in [0.15, 0.2) is 76.7 Å². The topological polar surface area (TPSA) is 95.3 Å². The fraction of sp³-hybridized carbons (Fsp3) is 0.160. The summed E-state index contributed by atoms with van der Waals surface area (Å²) in [6.45, 7) is 5.91. The van der Waals surface area contributed by atoms with Crippen LogP contribution in [0.3, 0.4) is 0 Å². The monoisotopic (exact) mass is 471 g/mol. The van der Waals surface area contributed by atoms with E-state index in [9.17, 15) is 14.9 Å². The van der Waals surface area contributed by atoms with Crippen molar-refractivity contribution in [3.8, 4) is 5.69 Å². The normalized spacial score (nSPS) is 12.3. The van der Waals surface area contributed by atoms with E-state index in [0.717, 1.165) is 22.4 Å². The zero-order valence-electron chi connectivity index (χ0n) is 18.8. The minimum absolute atomic E-state index is 0.0465. The molecule has 170 valence electrons. The molecular weight excluding hydrogens is 450 g/mol. The lowest BCUT2D eigenvalue weighted by Crippen LogP contribution is -2.22. The molecule has 1 unspecified atom stereocenters. The van der Waals surface area contributed by atoms with Crippen LogP contribution in [0.2, 0.25) is 0 Å². The number of hydrogen-bond acceptors (Lipinski definition) is 6. The number of nitro benzene ring substituents is 1. The molecule has 2 heterocycles. The first-order valence-electron chi connectivity index (χ1n) is 10.7. The first-order chi connectivity index (χ1) is 16.3. The molecule has 0 aliphatic rings. The van der Waals surface area contributed by atoms with Crippen LogP contribution >= 0.6 is 11.8 Å². The number of nitro groups is 1. The van der Waals surface area contributed by atoms with Gasteiger partial charge in [-0.1, -0.05) is 48.2 Å². The van der Waals surface area contributed by atoms with Gasteiger partial charge in [-0.3, -0.25) is 19.3 Å². The SMILES string of the molecule is Cc1ccc(C)c(-n2c(=O)c3ccccc3n3c(SC(C)c4cccc([N+](=O)[O-])c4)nnc23)c1. The Morgan fingerprint density at radius 1 is 1.00 bits per heavy atom. The smallest absolute Gasteiger partial charge is 0.268 e. The van der Waals surface area contributed by atoms with Crippen LogP contribution in [0, 0.1) is 24.0 Å². The molecule has 0 amide bonds. The van der Waals surface area contributed by atoms with Crippen LogP contribution < -0.4 is 5.56 Å². The zero-order valence-corrected chi connectivity index (χ0v) is 19.6. The van der Waals surface area contributed by atoms with Crippen LogP contribution in [0.1, 0.15) is 28.9 Å². The lowest BCUT2D eigenvalue weighted by molar-refractivity contribution is -0.384. The largest absolute Gasteiger partial charge is 0.269 e. The molecule has 8 nitrogen and oxygen atoms in total. The van der Waals surface area contributed by atoms with E-state index in [4.69, 9.17) is 0 Å². The lowest BCUT2D eigenvalue weighted by Gasteiger charge is -2.15. The van der Waals surface area contributed by atoms with Gasteiger partial charge in [-0.25, -0.2) is 4.57 Å². The van der Waals surface area contributed by atoms with E-state index < -0.39 is 4.92 Å². The van der Waals surface area contributed by atoms with Crippen LogP contribution in [0.25, 0.3) is 22.4 Å². The zero-order chi connectivity index (χ0) is 24.0. The maximum atomic E-state index is 13.6. The highest BCUT2D eigenvalue weighted by Gasteiger charge is 2.21. The third-order valence-corrected chi connectivity index (χ3v) is 6.93. The summed E-state index contributed by atoms with van der Waals surface area (Å²) in [6.07, 6.45) is 0. The van der Waals surface area contributed by atoms with E-state index >= 15 is 0 Å². The second kappa shape index (κ2) is 8.42. The summed E-state index contributed by atoms with van der Waals surface area (Å²) in [4.78, 5) is 24.4. The molecule has 3 aromatic carbocycles. The van der Waals surface area contributed by atoms with Crippen molar-refractivity contribution in [2.45, 2.75) is 31.2 Å². The minimum atomic E-state index is -0.399. The molecule has 0 saturated heterocycles. The number of benzene rings is 3. The molecular formula is C25H21N5O3S. The van der Waals surface area contributed by atoms with Crippen molar-refractivity contribution in [1.82, 2.24) is 19.2 Å². The molecule has 9 heteroatoms. The van der Waals surface area contributed by atoms with Gasteiger partial charge >= 0.3 is 0 Å². The lowest BCUT2D eigenvalue weighted by atomic mass is 10.1. The second-order valence-electron chi connectivity index (χ2n) is 8.18. The molecule has 0 aliphatic heterocycles. The number of fused-ring (bicyclic) bond motifs is 3. The van der Waals surface area contributed by atoms with Crippen LogP contribution in [0.5, 0.6) is 0 Å². The van der Waals surface area contributed by atoms with Crippen molar-refractivity contribution in [2.24, 2.45) is 0 Å². The summed E-state index contributed by atoms with van der Waals surface area (Å²) in [5.74, 6) is 0.422. The maximum absolute atomic E-state index is 13.6. The van der Waals surface area contributed by atoms with E-state index in [1.54, 1.807) is 22.8 Å². The fourth-order valence-corrected chi connectivity index (χ4v) is 5.02. The van der Waals surface area contributed by atoms with Gasteiger partial charge in [0.15, 0.2) is 5.16 Å². The van der Waals surface area contributed by atoms with E-state index in [-0.39, 0.29) is 16.5 Å². The molecule has 0 fully saturated rings. The number of nitrogens with zero attached hydrogens (tertiary/aromatic N) is 5. The average Bonchev–Trinajstić information content (AvgIpc) is 3.24. The highest BCUT2D eigenvalue weighted by Crippen LogP contribution is 2.36. The van der Waals surface area contributed by atoms with Crippen LogP contribution in [0.4, 0.5) is 5.69 Å². The summed E-state index contributed by atoms with van der Waals surface area (Å²) in [5, 5.41) is 21.1. The first-order valence-corrected chi connectivity index (χ1v) is 11.6. The molecule has 0 saturated carbocycles. The Morgan fingerprint density at radius 2 is 1.79 bits per heavy atom. The number of hydrogen-bond donors (Lipinski definition) is 0. The molecule has 0 radical (unpaired) electrons. The van der Waals surface area contributed by atoms with Crippen molar-refractivity contribution >= 4 is 34.1 Å². The molecule has 0 bridgehead atoms. The Hall–Kier alpha value is -3.98. The first kappa shape index (κ1) is 21.8. The Labute approximate surface area is 199 Å². The highest BCUT2D eigenvalue weighted by atomic mass is 32.2. The van der Waals surface area contributed by atoms with Crippen molar-refractivity contribution in [3.05, 3.63) is 104 Å². The van der Waals surface area contributed by atoms with Gasteiger partial charge in [0.05, 0.1) is 21.5 Å². The summed E-state index contributed by atoms with van der Waals surface area (Å²) in [5.41, 5.74) is 4.15. The molecule has 0 spiro atoms. The van der Waals surface area contributed by atoms with Gasteiger partial charge in [0, 0.05) is 17.4 Å². The van der Waals surface area contributed by atoms with Gasteiger partial charge in [-0.2, -0.15) is 0 Å². The number of non-ortho nitro benzene ring substituents is 1. The van der Waals surface area contributed by atoms with E-state index in [2.05, 4.69) is 10.2 Å². The number of thioether (sulfide) groups is 1. The Balaban J connectivity index is 1.72. The van der Waals surface area contributed by atoms with Gasteiger partial charge in [0.1, 0.15) is 0 Å².